The van der Waals surface area contributed by atoms with Crippen molar-refractivity contribution < 1.29 is 17.6 Å². The summed E-state index contributed by atoms with van der Waals surface area (Å²) in [6.07, 6.45) is 0. The van der Waals surface area contributed by atoms with Crippen molar-refractivity contribution in [2.75, 3.05) is 19.4 Å². The number of hydrogen-bond donors (Lipinski definition) is 1. The molecule has 0 aliphatic carbocycles. The third-order valence-electron chi connectivity index (χ3n) is 3.83. The molecule has 0 spiro atoms. The van der Waals surface area contributed by atoms with Crippen LogP contribution in [0.5, 0.6) is 0 Å². The Morgan fingerprint density at radius 3 is 2.67 bits per heavy atom. The molecule has 0 aliphatic rings. The summed E-state index contributed by atoms with van der Waals surface area (Å²) in [5, 5.41) is 2.99. The smallest absolute Gasteiger partial charge is 0.408 e. The standard InChI is InChI=1S/C17H16ClN3O5S/c1-20(2)27(24,25)13-5-3-4-12(9-13)19-16(22)10-21-14-7-6-11(18)8-15(14)26-17(21)23/h3-9H,10H2,1-2H3,(H,19,22). The second-order valence-electron chi connectivity index (χ2n) is 5.93. The fourth-order valence-electron chi connectivity index (χ4n) is 2.48. The first kappa shape index (κ1) is 19.2. The average molecular weight is 410 g/mol. The zero-order chi connectivity index (χ0) is 19.8. The number of carbonyl (C=O) groups is 1. The van der Waals surface area contributed by atoms with Crippen molar-refractivity contribution in [1.82, 2.24) is 8.87 Å². The Bertz CT molecular complexity index is 1180. The van der Waals surface area contributed by atoms with E-state index >= 15 is 0 Å². The van der Waals surface area contributed by atoms with Gasteiger partial charge in [-0.3, -0.25) is 9.36 Å². The molecule has 8 nitrogen and oxygen atoms in total. The predicted molar refractivity (Wildman–Crippen MR) is 101 cm³/mol. The first-order chi connectivity index (χ1) is 12.7. The zero-order valence-electron chi connectivity index (χ0n) is 14.5. The van der Waals surface area contributed by atoms with Crippen molar-refractivity contribution >= 4 is 44.3 Å². The Morgan fingerprint density at radius 2 is 1.96 bits per heavy atom. The minimum atomic E-state index is -3.63. The van der Waals surface area contributed by atoms with E-state index < -0.39 is 21.7 Å². The molecule has 0 radical (unpaired) electrons. The maximum Gasteiger partial charge on any atom is 0.420 e. The molecule has 0 aliphatic heterocycles. The summed E-state index contributed by atoms with van der Waals surface area (Å²) in [4.78, 5) is 24.4. The monoisotopic (exact) mass is 409 g/mol. The van der Waals surface area contributed by atoms with Crippen molar-refractivity contribution in [1.29, 1.82) is 0 Å². The van der Waals surface area contributed by atoms with Crippen LogP contribution in [0.15, 0.2) is 56.6 Å². The molecule has 0 unspecified atom stereocenters. The number of halogens is 1. The van der Waals surface area contributed by atoms with Crippen molar-refractivity contribution in [3.8, 4) is 0 Å². The third kappa shape index (κ3) is 3.90. The van der Waals surface area contributed by atoms with Crippen LogP contribution in [0.25, 0.3) is 11.1 Å². The molecule has 0 bridgehead atoms. The van der Waals surface area contributed by atoms with Crippen LogP contribution in [-0.4, -0.2) is 37.3 Å². The van der Waals surface area contributed by atoms with E-state index in [0.29, 0.717) is 16.2 Å². The van der Waals surface area contributed by atoms with Gasteiger partial charge in [0.2, 0.25) is 15.9 Å². The van der Waals surface area contributed by atoms with Gasteiger partial charge < -0.3 is 9.73 Å². The normalized spacial score (nSPS) is 11.9. The number of anilines is 1. The summed E-state index contributed by atoms with van der Waals surface area (Å²) in [6, 6.07) is 10.5. The Kier molecular flexibility index (Phi) is 5.09. The highest BCUT2D eigenvalue weighted by atomic mass is 35.5. The van der Waals surface area contributed by atoms with Crippen molar-refractivity contribution in [2.45, 2.75) is 11.4 Å². The maximum atomic E-state index is 12.3. The van der Waals surface area contributed by atoms with Gasteiger partial charge >= 0.3 is 5.76 Å². The number of benzene rings is 2. The quantitative estimate of drug-likeness (QED) is 0.695. The summed E-state index contributed by atoms with van der Waals surface area (Å²) in [5.74, 6) is -1.19. The van der Waals surface area contributed by atoms with Crippen LogP contribution in [0.4, 0.5) is 5.69 Å². The summed E-state index contributed by atoms with van der Waals surface area (Å²) in [7, 11) is -0.786. The van der Waals surface area contributed by atoms with Crippen molar-refractivity contribution in [3.63, 3.8) is 0 Å². The molecule has 27 heavy (non-hydrogen) atoms. The number of sulfonamides is 1. The van der Waals surface area contributed by atoms with Gasteiger partial charge in [-0.1, -0.05) is 17.7 Å². The Balaban J connectivity index is 1.83. The molecule has 0 atom stereocenters. The number of hydrogen-bond acceptors (Lipinski definition) is 5. The first-order valence-corrected chi connectivity index (χ1v) is 9.61. The highest BCUT2D eigenvalue weighted by Gasteiger charge is 2.18. The molecule has 3 rings (SSSR count). The lowest BCUT2D eigenvalue weighted by Gasteiger charge is -2.12. The molecule has 1 aromatic heterocycles. The Hall–Kier alpha value is -2.62. The van der Waals surface area contributed by atoms with Gasteiger partial charge in [0.15, 0.2) is 5.58 Å². The lowest BCUT2D eigenvalue weighted by molar-refractivity contribution is -0.116. The number of oxazole rings is 1. The van der Waals surface area contributed by atoms with Crippen molar-refractivity contribution in [2.24, 2.45) is 0 Å². The van der Waals surface area contributed by atoms with Gasteiger partial charge in [-0.25, -0.2) is 17.5 Å². The third-order valence-corrected chi connectivity index (χ3v) is 5.87. The van der Waals surface area contributed by atoms with Crippen LogP contribution in [0, 0.1) is 0 Å². The van der Waals surface area contributed by atoms with E-state index in [4.69, 9.17) is 16.0 Å². The van der Waals surface area contributed by atoms with Gasteiger partial charge in [0.05, 0.1) is 10.4 Å². The highest BCUT2D eigenvalue weighted by Crippen LogP contribution is 2.20. The molecule has 3 aromatic rings. The van der Waals surface area contributed by atoms with Crippen molar-refractivity contribution in [3.05, 3.63) is 58.0 Å². The molecule has 1 heterocycles. The van der Waals surface area contributed by atoms with Crippen LogP contribution in [0.3, 0.4) is 0 Å². The van der Waals surface area contributed by atoms with E-state index in [2.05, 4.69) is 5.32 Å². The summed E-state index contributed by atoms with van der Waals surface area (Å²) in [6.45, 7) is -0.294. The minimum Gasteiger partial charge on any atom is -0.408 e. The van der Waals surface area contributed by atoms with Gasteiger partial charge in [0.1, 0.15) is 6.54 Å². The fourth-order valence-corrected chi connectivity index (χ4v) is 3.59. The van der Waals surface area contributed by atoms with Gasteiger partial charge in [-0.05, 0) is 30.3 Å². The molecular formula is C17H16ClN3O5S. The van der Waals surface area contributed by atoms with Crippen LogP contribution < -0.4 is 11.1 Å². The number of amides is 1. The summed E-state index contributed by atoms with van der Waals surface area (Å²) in [5.41, 5.74) is 1.01. The molecular weight excluding hydrogens is 394 g/mol. The van der Waals surface area contributed by atoms with E-state index in [1.165, 1.54) is 42.9 Å². The molecule has 0 fully saturated rings. The molecule has 142 valence electrons. The number of nitrogens with one attached hydrogen (secondary N) is 1. The summed E-state index contributed by atoms with van der Waals surface area (Å²) < 4.78 is 31.7. The van der Waals surface area contributed by atoms with Crippen LogP contribution in [0.1, 0.15) is 0 Å². The number of nitrogens with zero attached hydrogens (tertiary/aromatic N) is 2. The molecule has 0 saturated carbocycles. The van der Waals surface area contributed by atoms with E-state index in [0.717, 1.165) is 4.31 Å². The average Bonchev–Trinajstić information content (AvgIpc) is 2.89. The van der Waals surface area contributed by atoms with Gasteiger partial charge in [0, 0.05) is 30.9 Å². The number of rotatable bonds is 5. The molecule has 10 heteroatoms. The Labute approximate surface area is 160 Å². The first-order valence-electron chi connectivity index (χ1n) is 7.80. The van der Waals surface area contributed by atoms with Gasteiger partial charge in [0.25, 0.3) is 0 Å². The van der Waals surface area contributed by atoms with E-state index in [1.807, 2.05) is 0 Å². The topological polar surface area (TPSA) is 102 Å². The zero-order valence-corrected chi connectivity index (χ0v) is 16.0. The number of fused-ring (bicyclic) bond motifs is 1. The van der Waals surface area contributed by atoms with E-state index in [1.54, 1.807) is 18.2 Å². The SMILES string of the molecule is CN(C)S(=O)(=O)c1cccc(NC(=O)Cn2c(=O)oc3cc(Cl)ccc32)c1. The molecule has 2 aromatic carbocycles. The van der Waals surface area contributed by atoms with Crippen LogP contribution in [0.2, 0.25) is 5.02 Å². The largest absolute Gasteiger partial charge is 0.420 e. The van der Waals surface area contributed by atoms with Crippen LogP contribution >= 0.6 is 11.6 Å². The fraction of sp³-hybridized carbons (Fsp3) is 0.176. The predicted octanol–water partition coefficient (Wildman–Crippen LogP) is 2.14. The lowest BCUT2D eigenvalue weighted by Crippen LogP contribution is -2.25. The Morgan fingerprint density at radius 1 is 1.22 bits per heavy atom. The molecule has 0 saturated heterocycles. The second-order valence-corrected chi connectivity index (χ2v) is 8.52. The number of carbonyl (C=O) groups excluding carboxylic acids is 1. The van der Waals surface area contributed by atoms with Gasteiger partial charge in [-0.15, -0.1) is 0 Å². The van der Waals surface area contributed by atoms with Crippen LogP contribution in [-0.2, 0) is 21.4 Å². The summed E-state index contributed by atoms with van der Waals surface area (Å²) >= 11 is 5.86. The minimum absolute atomic E-state index is 0.0471. The highest BCUT2D eigenvalue weighted by molar-refractivity contribution is 7.89. The van der Waals surface area contributed by atoms with E-state index in [-0.39, 0.29) is 17.0 Å². The molecule has 1 N–H and O–H groups in total. The second kappa shape index (κ2) is 7.18. The van der Waals surface area contributed by atoms with Gasteiger partial charge in [-0.2, -0.15) is 0 Å². The lowest BCUT2D eigenvalue weighted by atomic mass is 10.3. The maximum absolute atomic E-state index is 12.3. The molecule has 1 amide bonds. The number of aromatic nitrogens is 1. The van der Waals surface area contributed by atoms with E-state index in [9.17, 15) is 18.0 Å².